The van der Waals surface area contributed by atoms with Gasteiger partial charge in [0.05, 0.1) is 17.8 Å². The van der Waals surface area contributed by atoms with E-state index in [-0.39, 0.29) is 5.54 Å². The van der Waals surface area contributed by atoms with E-state index in [2.05, 4.69) is 33.0 Å². The van der Waals surface area contributed by atoms with Crippen LogP contribution in [0.25, 0.3) is 0 Å². The Bertz CT molecular complexity index is 343. The summed E-state index contributed by atoms with van der Waals surface area (Å²) >= 11 is 1.80. The standard InChI is InChI=1S/C13H24N2OS/c1-6-11-10(4)17-12(15-11)13(7-2,9-16-5)14-8-3/h14H,6-9H2,1-5H3. The first-order chi connectivity index (χ1) is 8.13. The van der Waals surface area contributed by atoms with Gasteiger partial charge in [0.1, 0.15) is 5.01 Å². The third-order valence-electron chi connectivity index (χ3n) is 3.15. The lowest BCUT2D eigenvalue weighted by molar-refractivity contribution is 0.105. The molecule has 1 N–H and O–H groups in total. The molecule has 0 radical (unpaired) electrons. The fourth-order valence-electron chi connectivity index (χ4n) is 2.11. The average Bonchev–Trinajstić information content (AvgIpc) is 2.70. The Labute approximate surface area is 109 Å². The van der Waals surface area contributed by atoms with Crippen LogP contribution in [0, 0.1) is 6.92 Å². The minimum absolute atomic E-state index is 0.119. The van der Waals surface area contributed by atoms with Crippen LogP contribution in [-0.4, -0.2) is 25.2 Å². The van der Waals surface area contributed by atoms with Gasteiger partial charge in [0, 0.05) is 12.0 Å². The van der Waals surface area contributed by atoms with E-state index >= 15 is 0 Å². The molecule has 0 saturated heterocycles. The molecule has 1 aromatic heterocycles. The second kappa shape index (κ2) is 6.47. The Morgan fingerprint density at radius 2 is 2.06 bits per heavy atom. The minimum Gasteiger partial charge on any atom is -0.382 e. The summed E-state index contributed by atoms with van der Waals surface area (Å²) in [5.74, 6) is 0. The van der Waals surface area contributed by atoms with Crippen LogP contribution in [0.2, 0.25) is 0 Å². The quantitative estimate of drug-likeness (QED) is 0.814. The van der Waals surface area contributed by atoms with E-state index in [1.807, 2.05) is 0 Å². The van der Waals surface area contributed by atoms with Crippen molar-refractivity contribution in [2.45, 2.75) is 46.1 Å². The second-order valence-electron chi connectivity index (χ2n) is 4.27. The first-order valence-corrected chi connectivity index (χ1v) is 7.15. The molecule has 0 aliphatic carbocycles. The summed E-state index contributed by atoms with van der Waals surface area (Å²) in [5.41, 5.74) is 1.10. The van der Waals surface area contributed by atoms with Crippen molar-refractivity contribution in [3.63, 3.8) is 0 Å². The summed E-state index contributed by atoms with van der Waals surface area (Å²) in [6.07, 6.45) is 1.99. The summed E-state index contributed by atoms with van der Waals surface area (Å²) in [4.78, 5) is 6.11. The van der Waals surface area contributed by atoms with Gasteiger partial charge in [-0.3, -0.25) is 0 Å². The van der Waals surface area contributed by atoms with E-state index in [1.54, 1.807) is 18.4 Å². The molecule has 3 nitrogen and oxygen atoms in total. The highest BCUT2D eigenvalue weighted by molar-refractivity contribution is 7.11. The predicted molar refractivity (Wildman–Crippen MR) is 73.8 cm³/mol. The fourth-order valence-corrected chi connectivity index (χ4v) is 3.34. The lowest BCUT2D eigenvalue weighted by Crippen LogP contribution is -2.45. The Kier molecular flexibility index (Phi) is 5.56. The molecule has 98 valence electrons. The summed E-state index contributed by atoms with van der Waals surface area (Å²) in [6.45, 7) is 10.2. The number of likely N-dealkylation sites (N-methyl/N-ethyl adjacent to an activating group) is 1. The van der Waals surface area contributed by atoms with Crippen molar-refractivity contribution in [3.05, 3.63) is 15.6 Å². The van der Waals surface area contributed by atoms with Crippen LogP contribution < -0.4 is 5.32 Å². The fraction of sp³-hybridized carbons (Fsp3) is 0.769. The second-order valence-corrected chi connectivity index (χ2v) is 5.48. The highest BCUT2D eigenvalue weighted by atomic mass is 32.1. The highest BCUT2D eigenvalue weighted by Gasteiger charge is 2.33. The Hall–Kier alpha value is -0.450. The number of hydrogen-bond acceptors (Lipinski definition) is 4. The molecule has 0 amide bonds. The van der Waals surface area contributed by atoms with Gasteiger partial charge in [-0.05, 0) is 26.3 Å². The number of rotatable bonds is 7. The molecule has 0 aromatic carbocycles. The molecule has 0 spiro atoms. The number of nitrogens with one attached hydrogen (secondary N) is 1. The number of ether oxygens (including phenoxy) is 1. The molecule has 1 atom stereocenters. The van der Waals surface area contributed by atoms with Crippen LogP contribution in [0.5, 0.6) is 0 Å². The van der Waals surface area contributed by atoms with Crippen molar-refractivity contribution in [1.29, 1.82) is 0 Å². The Balaban J connectivity index is 3.10. The van der Waals surface area contributed by atoms with E-state index in [9.17, 15) is 0 Å². The van der Waals surface area contributed by atoms with Crippen molar-refractivity contribution >= 4 is 11.3 Å². The van der Waals surface area contributed by atoms with E-state index < -0.39 is 0 Å². The van der Waals surface area contributed by atoms with Crippen molar-refractivity contribution in [2.24, 2.45) is 0 Å². The Morgan fingerprint density at radius 3 is 2.47 bits per heavy atom. The van der Waals surface area contributed by atoms with Gasteiger partial charge in [-0.25, -0.2) is 4.98 Å². The van der Waals surface area contributed by atoms with Gasteiger partial charge < -0.3 is 10.1 Å². The third-order valence-corrected chi connectivity index (χ3v) is 4.36. The average molecular weight is 256 g/mol. The monoisotopic (exact) mass is 256 g/mol. The normalized spacial score (nSPS) is 14.9. The van der Waals surface area contributed by atoms with Crippen LogP contribution in [-0.2, 0) is 16.7 Å². The molecular weight excluding hydrogens is 232 g/mol. The third kappa shape index (κ3) is 3.06. The molecule has 1 unspecified atom stereocenters. The maximum absolute atomic E-state index is 5.39. The predicted octanol–water partition coefficient (Wildman–Crippen LogP) is 2.88. The van der Waals surface area contributed by atoms with Gasteiger partial charge in [-0.2, -0.15) is 0 Å². The molecule has 0 bridgehead atoms. The molecule has 0 aliphatic rings. The summed E-state index contributed by atoms with van der Waals surface area (Å²) in [7, 11) is 1.75. The van der Waals surface area contributed by atoms with Crippen LogP contribution in [0.4, 0.5) is 0 Å². The van der Waals surface area contributed by atoms with E-state index in [0.717, 1.165) is 24.4 Å². The summed E-state index contributed by atoms with van der Waals surface area (Å²) in [6, 6.07) is 0. The SMILES string of the molecule is CCNC(CC)(COC)c1nc(CC)c(C)s1. The van der Waals surface area contributed by atoms with Gasteiger partial charge in [-0.1, -0.05) is 20.8 Å². The maximum Gasteiger partial charge on any atom is 0.116 e. The first kappa shape index (κ1) is 14.6. The lowest BCUT2D eigenvalue weighted by atomic mass is 9.98. The maximum atomic E-state index is 5.39. The van der Waals surface area contributed by atoms with Gasteiger partial charge in [-0.15, -0.1) is 11.3 Å². The van der Waals surface area contributed by atoms with Gasteiger partial charge >= 0.3 is 0 Å². The smallest absolute Gasteiger partial charge is 0.116 e. The zero-order valence-corrected chi connectivity index (χ0v) is 12.4. The number of aromatic nitrogens is 1. The van der Waals surface area contributed by atoms with Crippen molar-refractivity contribution < 1.29 is 4.74 Å². The molecule has 0 saturated carbocycles. The number of thiazole rings is 1. The van der Waals surface area contributed by atoms with Crippen LogP contribution in [0.15, 0.2) is 0 Å². The first-order valence-electron chi connectivity index (χ1n) is 6.34. The molecule has 1 rings (SSSR count). The summed E-state index contributed by atoms with van der Waals surface area (Å²) in [5, 5.41) is 4.72. The number of methoxy groups -OCH3 is 1. The highest BCUT2D eigenvalue weighted by Crippen LogP contribution is 2.31. The molecule has 0 aliphatic heterocycles. The topological polar surface area (TPSA) is 34.1 Å². The number of hydrogen-bond donors (Lipinski definition) is 1. The van der Waals surface area contributed by atoms with E-state index in [4.69, 9.17) is 9.72 Å². The molecular formula is C13H24N2OS. The van der Waals surface area contributed by atoms with Crippen LogP contribution in [0.3, 0.4) is 0 Å². The number of nitrogens with zero attached hydrogens (tertiary/aromatic N) is 1. The molecule has 1 aromatic rings. The van der Waals surface area contributed by atoms with Gasteiger partial charge in [0.25, 0.3) is 0 Å². The Morgan fingerprint density at radius 1 is 1.35 bits per heavy atom. The molecule has 0 fully saturated rings. The summed E-state index contributed by atoms with van der Waals surface area (Å²) < 4.78 is 5.39. The van der Waals surface area contributed by atoms with Crippen LogP contribution in [0.1, 0.15) is 42.8 Å². The molecule has 4 heteroatoms. The largest absolute Gasteiger partial charge is 0.382 e. The van der Waals surface area contributed by atoms with Crippen molar-refractivity contribution in [2.75, 3.05) is 20.3 Å². The zero-order valence-electron chi connectivity index (χ0n) is 11.6. The van der Waals surface area contributed by atoms with E-state index in [0.29, 0.717) is 6.61 Å². The zero-order chi connectivity index (χ0) is 12.9. The molecule has 1 heterocycles. The van der Waals surface area contributed by atoms with Crippen LogP contribution >= 0.6 is 11.3 Å². The van der Waals surface area contributed by atoms with Gasteiger partial charge in [0.15, 0.2) is 0 Å². The minimum atomic E-state index is -0.119. The molecule has 17 heavy (non-hydrogen) atoms. The van der Waals surface area contributed by atoms with Gasteiger partial charge in [0.2, 0.25) is 0 Å². The number of aryl methyl sites for hydroxylation is 2. The van der Waals surface area contributed by atoms with Crippen molar-refractivity contribution in [1.82, 2.24) is 10.3 Å². The van der Waals surface area contributed by atoms with Crippen molar-refractivity contribution in [3.8, 4) is 0 Å². The van der Waals surface area contributed by atoms with E-state index in [1.165, 1.54) is 10.6 Å². The lowest BCUT2D eigenvalue weighted by Gasteiger charge is -2.30.